The third kappa shape index (κ3) is 3.02. The summed E-state index contributed by atoms with van der Waals surface area (Å²) in [4.78, 5) is 17.1. The van der Waals surface area contributed by atoms with Gasteiger partial charge in [-0.05, 0) is 37.8 Å². The second kappa shape index (κ2) is 6.22. The molecule has 28 heavy (non-hydrogen) atoms. The maximum atomic E-state index is 13.2. The van der Waals surface area contributed by atoms with Crippen LogP contribution in [-0.2, 0) is 11.0 Å². The topological polar surface area (TPSA) is 77.0 Å². The molecule has 6 nitrogen and oxygen atoms in total. The second-order valence-electron chi connectivity index (χ2n) is 7.92. The number of piperidine rings is 1. The van der Waals surface area contributed by atoms with Gasteiger partial charge in [0.15, 0.2) is 0 Å². The highest BCUT2D eigenvalue weighted by Gasteiger charge is 2.58. The minimum atomic E-state index is -4.57. The number of pyridine rings is 1. The summed E-state index contributed by atoms with van der Waals surface area (Å²) in [6.45, 7) is 7.00. The van der Waals surface area contributed by atoms with Crippen molar-refractivity contribution >= 4 is 11.7 Å². The zero-order chi connectivity index (χ0) is 20.4. The first-order valence-electron chi connectivity index (χ1n) is 9.26. The van der Waals surface area contributed by atoms with E-state index in [0.29, 0.717) is 23.1 Å². The summed E-state index contributed by atoms with van der Waals surface area (Å²) in [6, 6.07) is 2.93. The van der Waals surface area contributed by atoms with Crippen molar-refractivity contribution in [1.82, 2.24) is 19.7 Å². The molecule has 2 fully saturated rings. The Balaban J connectivity index is 1.67. The SMILES string of the molecule is CC(=O)N1C[C@@H]2C(c3cc(-c4cnc(N)c(C(F)(F)F)c4)nn3C(C)C)[C@@H]2C1. The Morgan fingerprint density at radius 1 is 1.25 bits per heavy atom. The minimum Gasteiger partial charge on any atom is -0.383 e. The largest absolute Gasteiger partial charge is 0.419 e. The maximum absolute atomic E-state index is 13.2. The molecule has 0 aromatic carbocycles. The van der Waals surface area contributed by atoms with Gasteiger partial charge in [0.2, 0.25) is 5.91 Å². The lowest BCUT2D eigenvalue weighted by atomic mass is 10.1. The van der Waals surface area contributed by atoms with Gasteiger partial charge in [-0.25, -0.2) is 4.98 Å². The molecule has 2 aliphatic rings. The zero-order valence-electron chi connectivity index (χ0n) is 15.9. The Kier molecular flexibility index (Phi) is 4.17. The molecular formula is C19H22F3N5O. The van der Waals surface area contributed by atoms with Crippen LogP contribution in [0.25, 0.3) is 11.3 Å². The van der Waals surface area contributed by atoms with Gasteiger partial charge in [0.05, 0.1) is 11.3 Å². The molecule has 1 saturated heterocycles. The fraction of sp³-hybridized carbons (Fsp3) is 0.526. The van der Waals surface area contributed by atoms with Gasteiger partial charge in [0.25, 0.3) is 0 Å². The summed E-state index contributed by atoms with van der Waals surface area (Å²) in [5.41, 5.74) is 6.20. The lowest BCUT2D eigenvalue weighted by molar-refractivity contribution is -0.137. The number of rotatable bonds is 3. The van der Waals surface area contributed by atoms with Crippen molar-refractivity contribution in [3.05, 3.63) is 29.6 Å². The normalized spacial score (nSPS) is 24.0. The molecule has 0 spiro atoms. The molecule has 0 bridgehead atoms. The first-order chi connectivity index (χ1) is 13.1. The van der Waals surface area contributed by atoms with Crippen LogP contribution in [0.4, 0.5) is 19.0 Å². The third-order valence-corrected chi connectivity index (χ3v) is 5.75. The molecule has 3 heterocycles. The van der Waals surface area contributed by atoms with E-state index in [2.05, 4.69) is 10.1 Å². The minimum absolute atomic E-state index is 0.0674. The van der Waals surface area contributed by atoms with Crippen molar-refractivity contribution in [2.24, 2.45) is 11.8 Å². The fourth-order valence-electron chi connectivity index (χ4n) is 4.28. The molecule has 1 unspecified atom stereocenters. The number of hydrogen-bond donors (Lipinski definition) is 1. The molecule has 4 rings (SSSR count). The summed E-state index contributed by atoms with van der Waals surface area (Å²) >= 11 is 0. The fourth-order valence-corrected chi connectivity index (χ4v) is 4.28. The third-order valence-electron chi connectivity index (χ3n) is 5.75. The molecule has 2 aromatic rings. The lowest BCUT2D eigenvalue weighted by Gasteiger charge is -2.19. The standard InChI is InChI=1S/C19H22F3N5O/c1-9(2)27-16(17-12-7-26(10(3)28)8-13(12)17)5-15(25-27)11-4-14(19(20,21)22)18(23)24-6-11/h4-6,9,12-13,17H,7-8H2,1-3H3,(H2,23,24)/t12-,13+,17?. The quantitative estimate of drug-likeness (QED) is 0.868. The summed E-state index contributed by atoms with van der Waals surface area (Å²) in [5, 5.41) is 4.56. The summed E-state index contributed by atoms with van der Waals surface area (Å²) in [6.07, 6.45) is -3.24. The van der Waals surface area contributed by atoms with Gasteiger partial charge in [-0.15, -0.1) is 0 Å². The van der Waals surface area contributed by atoms with Crippen LogP contribution in [-0.4, -0.2) is 38.7 Å². The zero-order valence-corrected chi connectivity index (χ0v) is 15.9. The number of anilines is 1. The number of hydrogen-bond acceptors (Lipinski definition) is 4. The molecule has 1 saturated carbocycles. The number of aromatic nitrogens is 3. The highest BCUT2D eigenvalue weighted by atomic mass is 19.4. The van der Waals surface area contributed by atoms with E-state index in [1.54, 1.807) is 6.92 Å². The van der Waals surface area contributed by atoms with Gasteiger partial charge in [0.1, 0.15) is 5.82 Å². The van der Waals surface area contributed by atoms with Crippen molar-refractivity contribution in [3.63, 3.8) is 0 Å². The number of halogens is 3. The highest BCUT2D eigenvalue weighted by molar-refractivity contribution is 5.74. The van der Waals surface area contributed by atoms with E-state index < -0.39 is 17.6 Å². The Labute approximate surface area is 160 Å². The molecule has 150 valence electrons. The number of carbonyl (C=O) groups excluding carboxylic acids is 1. The molecule has 1 aliphatic heterocycles. The van der Waals surface area contributed by atoms with E-state index in [1.807, 2.05) is 29.5 Å². The van der Waals surface area contributed by atoms with Crippen molar-refractivity contribution < 1.29 is 18.0 Å². The molecule has 9 heteroatoms. The summed E-state index contributed by atoms with van der Waals surface area (Å²) in [5.74, 6) is 0.600. The smallest absolute Gasteiger partial charge is 0.383 e. The predicted molar refractivity (Wildman–Crippen MR) is 97.2 cm³/mol. The Morgan fingerprint density at radius 2 is 1.89 bits per heavy atom. The number of nitrogens with two attached hydrogens (primary N) is 1. The number of alkyl halides is 3. The summed E-state index contributed by atoms with van der Waals surface area (Å²) < 4.78 is 41.4. The average Bonchev–Trinajstić information content (AvgIpc) is 2.99. The van der Waals surface area contributed by atoms with Crippen LogP contribution in [0, 0.1) is 11.8 Å². The van der Waals surface area contributed by atoms with Crippen molar-refractivity contribution in [2.45, 2.75) is 38.9 Å². The van der Waals surface area contributed by atoms with E-state index in [1.165, 1.54) is 6.20 Å². The van der Waals surface area contributed by atoms with Crippen LogP contribution in [0.5, 0.6) is 0 Å². The molecule has 2 aromatic heterocycles. The molecule has 1 amide bonds. The summed E-state index contributed by atoms with van der Waals surface area (Å²) in [7, 11) is 0. The van der Waals surface area contributed by atoms with E-state index in [0.717, 1.165) is 24.8 Å². The maximum Gasteiger partial charge on any atom is 0.419 e. The Bertz CT molecular complexity index is 924. The van der Waals surface area contributed by atoms with Gasteiger partial charge in [-0.1, -0.05) is 0 Å². The Hall–Kier alpha value is -2.58. The van der Waals surface area contributed by atoms with Gasteiger partial charge in [-0.3, -0.25) is 9.48 Å². The van der Waals surface area contributed by atoms with Crippen LogP contribution in [0.3, 0.4) is 0 Å². The molecule has 0 radical (unpaired) electrons. The molecule has 2 N–H and O–H groups in total. The number of carbonyl (C=O) groups is 1. The predicted octanol–water partition coefficient (Wildman–Crippen LogP) is 3.32. The van der Waals surface area contributed by atoms with E-state index in [9.17, 15) is 18.0 Å². The molecule has 1 aliphatic carbocycles. The number of fused-ring (bicyclic) bond motifs is 1. The van der Waals surface area contributed by atoms with Crippen LogP contribution in [0.1, 0.15) is 44.0 Å². The average molecular weight is 393 g/mol. The van der Waals surface area contributed by atoms with E-state index in [4.69, 9.17) is 5.73 Å². The van der Waals surface area contributed by atoms with Crippen molar-refractivity contribution in [3.8, 4) is 11.3 Å². The first-order valence-corrected chi connectivity index (χ1v) is 9.26. The van der Waals surface area contributed by atoms with Crippen LogP contribution in [0.2, 0.25) is 0 Å². The highest BCUT2D eigenvalue weighted by Crippen LogP contribution is 2.58. The number of nitrogens with zero attached hydrogens (tertiary/aromatic N) is 4. The van der Waals surface area contributed by atoms with Gasteiger partial charge >= 0.3 is 6.18 Å². The lowest BCUT2D eigenvalue weighted by Crippen LogP contribution is -2.29. The van der Waals surface area contributed by atoms with Crippen molar-refractivity contribution in [1.29, 1.82) is 0 Å². The number of likely N-dealkylation sites (tertiary alicyclic amines) is 1. The first kappa shape index (κ1) is 18.8. The molecular weight excluding hydrogens is 371 g/mol. The van der Waals surface area contributed by atoms with E-state index in [-0.39, 0.29) is 17.9 Å². The van der Waals surface area contributed by atoms with Crippen LogP contribution < -0.4 is 5.73 Å². The van der Waals surface area contributed by atoms with E-state index >= 15 is 0 Å². The van der Waals surface area contributed by atoms with Gasteiger partial charge < -0.3 is 10.6 Å². The van der Waals surface area contributed by atoms with Gasteiger partial charge in [0, 0.05) is 49.4 Å². The van der Waals surface area contributed by atoms with Crippen molar-refractivity contribution in [2.75, 3.05) is 18.8 Å². The molecule has 3 atom stereocenters. The van der Waals surface area contributed by atoms with Gasteiger partial charge in [-0.2, -0.15) is 18.3 Å². The Morgan fingerprint density at radius 3 is 2.43 bits per heavy atom. The second-order valence-corrected chi connectivity index (χ2v) is 7.92. The van der Waals surface area contributed by atoms with Crippen LogP contribution in [0.15, 0.2) is 18.3 Å². The number of amides is 1. The van der Waals surface area contributed by atoms with Crippen LogP contribution >= 0.6 is 0 Å². The number of nitrogen functional groups attached to an aromatic ring is 1. The monoisotopic (exact) mass is 393 g/mol.